The van der Waals surface area contributed by atoms with Crippen LogP contribution < -0.4 is 9.47 Å². The lowest BCUT2D eigenvalue weighted by Crippen LogP contribution is -2.12. The minimum atomic E-state index is 0.291. The Kier molecular flexibility index (Phi) is 5.46. The Hall–Kier alpha value is -2.06. The molecule has 1 aromatic carbocycles. The molecule has 29 heavy (non-hydrogen) atoms. The van der Waals surface area contributed by atoms with Gasteiger partial charge in [-0.2, -0.15) is 0 Å². The molecule has 3 aromatic rings. The first-order valence-electron chi connectivity index (χ1n) is 10.1. The van der Waals surface area contributed by atoms with Crippen LogP contribution >= 0.6 is 23.1 Å². The molecule has 0 unspecified atom stereocenters. The molecule has 0 bridgehead atoms. The summed E-state index contributed by atoms with van der Waals surface area (Å²) in [5, 5.41) is 13.0. The third kappa shape index (κ3) is 4.14. The largest absolute Gasteiger partial charge is 0.454 e. The van der Waals surface area contributed by atoms with E-state index in [1.165, 1.54) is 32.1 Å². The summed E-state index contributed by atoms with van der Waals surface area (Å²) < 4.78 is 13.0. The number of aromatic nitrogens is 4. The molecule has 1 aliphatic heterocycles. The van der Waals surface area contributed by atoms with E-state index in [1.807, 2.05) is 18.2 Å². The van der Waals surface area contributed by atoms with E-state index in [0.717, 1.165) is 56.8 Å². The van der Waals surface area contributed by atoms with Crippen LogP contribution in [0.4, 0.5) is 0 Å². The van der Waals surface area contributed by atoms with Gasteiger partial charge in [-0.1, -0.05) is 43.9 Å². The van der Waals surface area contributed by atoms with E-state index in [1.54, 1.807) is 23.1 Å². The van der Waals surface area contributed by atoms with E-state index >= 15 is 0 Å². The molecule has 0 amide bonds. The van der Waals surface area contributed by atoms with Crippen molar-refractivity contribution >= 4 is 23.1 Å². The molecule has 2 aromatic heterocycles. The zero-order valence-electron chi connectivity index (χ0n) is 16.5. The number of rotatable bonds is 6. The lowest BCUT2D eigenvalue weighted by molar-refractivity contribution is 0.174. The van der Waals surface area contributed by atoms with Crippen molar-refractivity contribution in [2.75, 3.05) is 6.79 Å². The lowest BCUT2D eigenvalue weighted by Gasteiger charge is -2.20. The Balaban J connectivity index is 1.22. The lowest BCUT2D eigenvalue weighted by atomic mass is 9.87. The van der Waals surface area contributed by atoms with E-state index in [4.69, 9.17) is 14.5 Å². The molecule has 8 heteroatoms. The van der Waals surface area contributed by atoms with Gasteiger partial charge in [-0.05, 0) is 24.1 Å². The van der Waals surface area contributed by atoms with Gasteiger partial charge in [0.2, 0.25) is 6.79 Å². The van der Waals surface area contributed by atoms with Gasteiger partial charge in [0.05, 0.1) is 5.69 Å². The maximum Gasteiger partial charge on any atom is 0.231 e. The summed E-state index contributed by atoms with van der Waals surface area (Å²) >= 11 is 3.35. The number of thioether (sulfide) groups is 1. The first-order chi connectivity index (χ1) is 14.3. The molecule has 0 spiro atoms. The molecule has 5 rings (SSSR count). The molecule has 2 aliphatic rings. The Morgan fingerprint density at radius 1 is 1.14 bits per heavy atom. The third-order valence-electron chi connectivity index (χ3n) is 5.64. The summed E-state index contributed by atoms with van der Waals surface area (Å²) in [6, 6.07) is 5.97. The van der Waals surface area contributed by atoms with Crippen LogP contribution in [-0.2, 0) is 19.2 Å². The summed E-state index contributed by atoms with van der Waals surface area (Å²) in [5.41, 5.74) is 2.12. The molecule has 1 fully saturated rings. The molecule has 6 nitrogen and oxygen atoms in total. The van der Waals surface area contributed by atoms with Gasteiger partial charge in [0.1, 0.15) is 10.8 Å². The number of fused-ring (bicyclic) bond motifs is 1. The van der Waals surface area contributed by atoms with Crippen molar-refractivity contribution in [2.45, 2.75) is 49.4 Å². The van der Waals surface area contributed by atoms with Crippen LogP contribution in [0.15, 0.2) is 28.7 Å². The SMILES string of the molecule is Cn1c(CC2CCCCC2)nnc1SCc1csc(-c2ccc3c(c2)OCO3)n1. The van der Waals surface area contributed by atoms with E-state index in [0.29, 0.717) is 6.79 Å². The number of hydrogen-bond donors (Lipinski definition) is 0. The minimum Gasteiger partial charge on any atom is -0.454 e. The molecule has 152 valence electrons. The Morgan fingerprint density at radius 2 is 2.00 bits per heavy atom. The summed E-state index contributed by atoms with van der Waals surface area (Å²) in [5.74, 6) is 4.26. The molecular formula is C21H24N4O2S2. The highest BCUT2D eigenvalue weighted by atomic mass is 32.2. The van der Waals surface area contributed by atoms with Crippen molar-refractivity contribution in [3.05, 3.63) is 35.1 Å². The van der Waals surface area contributed by atoms with Gasteiger partial charge in [0.25, 0.3) is 0 Å². The highest BCUT2D eigenvalue weighted by Gasteiger charge is 2.19. The van der Waals surface area contributed by atoms with E-state index in [2.05, 4.69) is 27.2 Å². The van der Waals surface area contributed by atoms with Crippen LogP contribution in [0.25, 0.3) is 10.6 Å². The number of hydrogen-bond acceptors (Lipinski definition) is 7. The predicted molar refractivity (Wildman–Crippen MR) is 115 cm³/mol. The van der Waals surface area contributed by atoms with Crippen molar-refractivity contribution in [3.63, 3.8) is 0 Å². The Morgan fingerprint density at radius 3 is 2.90 bits per heavy atom. The van der Waals surface area contributed by atoms with Gasteiger partial charge in [-0.25, -0.2) is 4.98 Å². The molecule has 0 N–H and O–H groups in total. The quantitative estimate of drug-likeness (QED) is 0.510. The van der Waals surface area contributed by atoms with Crippen LogP contribution in [-0.4, -0.2) is 26.5 Å². The molecular weight excluding hydrogens is 404 g/mol. The number of thiazole rings is 1. The van der Waals surface area contributed by atoms with E-state index in [9.17, 15) is 0 Å². The normalized spacial score (nSPS) is 16.4. The fourth-order valence-electron chi connectivity index (χ4n) is 3.97. The van der Waals surface area contributed by atoms with Gasteiger partial charge in [0.15, 0.2) is 16.7 Å². The van der Waals surface area contributed by atoms with Crippen molar-refractivity contribution in [1.29, 1.82) is 0 Å². The highest BCUT2D eigenvalue weighted by molar-refractivity contribution is 7.98. The second-order valence-electron chi connectivity index (χ2n) is 7.67. The topological polar surface area (TPSA) is 62.1 Å². The average molecular weight is 429 g/mol. The van der Waals surface area contributed by atoms with Crippen LogP contribution in [0.2, 0.25) is 0 Å². The number of nitrogens with zero attached hydrogens (tertiary/aromatic N) is 4. The smallest absolute Gasteiger partial charge is 0.231 e. The Labute approximate surface area is 178 Å². The molecule has 0 radical (unpaired) electrons. The summed E-state index contributed by atoms with van der Waals surface area (Å²) in [7, 11) is 2.08. The van der Waals surface area contributed by atoms with Gasteiger partial charge >= 0.3 is 0 Å². The van der Waals surface area contributed by atoms with Crippen molar-refractivity contribution < 1.29 is 9.47 Å². The monoisotopic (exact) mass is 428 g/mol. The highest BCUT2D eigenvalue weighted by Crippen LogP contribution is 2.37. The Bertz CT molecular complexity index is 994. The second kappa shape index (κ2) is 8.36. The van der Waals surface area contributed by atoms with Crippen LogP contribution in [0.3, 0.4) is 0 Å². The zero-order chi connectivity index (χ0) is 19.6. The molecule has 3 heterocycles. The standard InChI is InChI=1S/C21H24N4O2S2/c1-25-19(9-14-5-3-2-4-6-14)23-24-21(25)29-12-16-11-28-20(22-16)15-7-8-17-18(10-15)27-13-26-17/h7-8,10-11,14H,2-6,9,12-13H2,1H3. The summed E-state index contributed by atoms with van der Waals surface area (Å²) in [6.07, 6.45) is 7.82. The van der Waals surface area contributed by atoms with Crippen LogP contribution in [0.5, 0.6) is 11.5 Å². The average Bonchev–Trinajstić information content (AvgIpc) is 3.48. The maximum absolute atomic E-state index is 5.48. The van der Waals surface area contributed by atoms with E-state index in [-0.39, 0.29) is 0 Å². The van der Waals surface area contributed by atoms with Crippen molar-refractivity contribution in [3.8, 4) is 22.1 Å². The van der Waals surface area contributed by atoms with Crippen molar-refractivity contribution in [1.82, 2.24) is 19.7 Å². The first kappa shape index (κ1) is 18.9. The molecule has 1 saturated carbocycles. The molecule has 1 aliphatic carbocycles. The van der Waals surface area contributed by atoms with Crippen LogP contribution in [0.1, 0.15) is 43.6 Å². The zero-order valence-corrected chi connectivity index (χ0v) is 18.1. The first-order valence-corrected chi connectivity index (χ1v) is 12.0. The number of ether oxygens (including phenoxy) is 2. The van der Waals surface area contributed by atoms with Gasteiger partial charge in [0, 0.05) is 30.2 Å². The third-order valence-corrected chi connectivity index (χ3v) is 7.64. The van der Waals surface area contributed by atoms with Gasteiger partial charge in [-0.15, -0.1) is 21.5 Å². The minimum absolute atomic E-state index is 0.291. The molecule has 0 atom stereocenters. The predicted octanol–water partition coefficient (Wildman–Crippen LogP) is 5.08. The van der Waals surface area contributed by atoms with Crippen LogP contribution in [0, 0.1) is 5.92 Å². The summed E-state index contributed by atoms with van der Waals surface area (Å²) in [6.45, 7) is 0.291. The second-order valence-corrected chi connectivity index (χ2v) is 9.47. The summed E-state index contributed by atoms with van der Waals surface area (Å²) in [4.78, 5) is 4.79. The van der Waals surface area contributed by atoms with Gasteiger partial charge < -0.3 is 14.0 Å². The fourth-order valence-corrected chi connectivity index (χ4v) is 5.72. The molecule has 0 saturated heterocycles. The van der Waals surface area contributed by atoms with Gasteiger partial charge in [-0.3, -0.25) is 0 Å². The maximum atomic E-state index is 5.48. The fraction of sp³-hybridized carbons (Fsp3) is 0.476. The number of benzene rings is 1. The van der Waals surface area contributed by atoms with E-state index < -0.39 is 0 Å². The van der Waals surface area contributed by atoms with Crippen molar-refractivity contribution in [2.24, 2.45) is 13.0 Å².